The van der Waals surface area contributed by atoms with E-state index in [0.717, 1.165) is 0 Å². The van der Waals surface area contributed by atoms with Crippen molar-refractivity contribution in [2.45, 2.75) is 32.7 Å². The molecule has 130 valence electrons. The predicted molar refractivity (Wildman–Crippen MR) is 80.7 cm³/mol. The fourth-order valence-electron chi connectivity index (χ4n) is 1.95. The van der Waals surface area contributed by atoms with Gasteiger partial charge < -0.3 is 19.9 Å². The van der Waals surface area contributed by atoms with E-state index in [2.05, 4.69) is 20.5 Å². The third-order valence-electron chi connectivity index (χ3n) is 3.03. The number of carbonyl (C=O) groups excluding carboxylic acids is 1. The maximum absolute atomic E-state index is 12.2. The van der Waals surface area contributed by atoms with Gasteiger partial charge >= 0.3 is 6.36 Å². The number of hydrogen-bond donors (Lipinski definition) is 2. The van der Waals surface area contributed by atoms with E-state index in [1.807, 2.05) is 0 Å². The maximum Gasteiger partial charge on any atom is 0.573 e. The molecule has 2 N–H and O–H groups in total. The first-order chi connectivity index (χ1) is 11.3. The van der Waals surface area contributed by atoms with E-state index in [1.54, 1.807) is 19.9 Å². The third kappa shape index (κ3) is 5.18. The molecule has 2 aromatic rings. The number of nitrogens with zero attached hydrogens (tertiary/aromatic N) is 1. The van der Waals surface area contributed by atoms with Gasteiger partial charge in [0.2, 0.25) is 5.91 Å². The molecule has 0 aliphatic heterocycles. The summed E-state index contributed by atoms with van der Waals surface area (Å²) in [7, 11) is 0. The Hall–Kier alpha value is -2.71. The lowest BCUT2D eigenvalue weighted by Gasteiger charge is -2.17. The van der Waals surface area contributed by atoms with Crippen LogP contribution in [0.2, 0.25) is 0 Å². The fourth-order valence-corrected chi connectivity index (χ4v) is 1.95. The number of nitrogens with one attached hydrogen (secondary N) is 2. The molecule has 0 aliphatic carbocycles. The number of hydrogen-bond acceptors (Lipinski definition) is 5. The maximum atomic E-state index is 12.2. The number of rotatable bonds is 6. The van der Waals surface area contributed by atoms with Crippen molar-refractivity contribution in [1.29, 1.82) is 0 Å². The fraction of sp³-hybridized carbons (Fsp3) is 0.333. The van der Waals surface area contributed by atoms with Crippen LogP contribution in [0.4, 0.5) is 24.7 Å². The molecule has 6 nitrogen and oxygen atoms in total. The Kier molecular flexibility index (Phi) is 5.32. The van der Waals surface area contributed by atoms with Crippen molar-refractivity contribution in [2.75, 3.05) is 10.6 Å². The largest absolute Gasteiger partial charge is 0.573 e. The average Bonchev–Trinajstić information content (AvgIpc) is 2.90. The van der Waals surface area contributed by atoms with Crippen molar-refractivity contribution in [1.82, 2.24) is 5.16 Å². The van der Waals surface area contributed by atoms with Gasteiger partial charge in [0.25, 0.3) is 0 Å². The van der Waals surface area contributed by atoms with E-state index < -0.39 is 12.4 Å². The standard InChI is InChI=1S/C15H16F3N3O3/c1-3-12(14(22)20-13-8-9(2)24-21-13)19-10-4-6-11(7-5-10)23-15(16,17)18/h4-8,12,19H,3H2,1-2H3,(H,20,21,22). The van der Waals surface area contributed by atoms with E-state index in [9.17, 15) is 18.0 Å². The van der Waals surface area contributed by atoms with Gasteiger partial charge in [-0.15, -0.1) is 13.2 Å². The molecule has 1 aromatic carbocycles. The molecule has 1 aromatic heterocycles. The zero-order valence-electron chi connectivity index (χ0n) is 13.0. The first-order valence-electron chi connectivity index (χ1n) is 7.13. The molecule has 0 bridgehead atoms. The molecule has 1 atom stereocenters. The van der Waals surface area contributed by atoms with Crippen molar-refractivity contribution in [3.8, 4) is 5.75 Å². The Morgan fingerprint density at radius 2 is 2.00 bits per heavy atom. The van der Waals surface area contributed by atoms with Gasteiger partial charge in [-0.1, -0.05) is 12.1 Å². The predicted octanol–water partition coefficient (Wildman–Crippen LogP) is 3.71. The van der Waals surface area contributed by atoms with Gasteiger partial charge in [0, 0.05) is 11.8 Å². The summed E-state index contributed by atoms with van der Waals surface area (Å²) in [6.07, 6.45) is -4.28. The van der Waals surface area contributed by atoms with E-state index in [0.29, 0.717) is 23.7 Å². The lowest BCUT2D eigenvalue weighted by molar-refractivity contribution is -0.274. The smallest absolute Gasteiger partial charge is 0.406 e. The highest BCUT2D eigenvalue weighted by molar-refractivity contribution is 5.95. The Morgan fingerprint density at radius 1 is 1.33 bits per heavy atom. The highest BCUT2D eigenvalue weighted by Gasteiger charge is 2.31. The van der Waals surface area contributed by atoms with Crippen LogP contribution in [-0.4, -0.2) is 23.5 Å². The van der Waals surface area contributed by atoms with Crippen LogP contribution in [0.5, 0.6) is 5.75 Å². The molecule has 24 heavy (non-hydrogen) atoms. The summed E-state index contributed by atoms with van der Waals surface area (Å²) in [5.74, 6) is 0.197. The van der Waals surface area contributed by atoms with Gasteiger partial charge in [-0.25, -0.2) is 0 Å². The Bertz CT molecular complexity index is 683. The normalized spacial score (nSPS) is 12.5. The van der Waals surface area contributed by atoms with E-state index >= 15 is 0 Å². The summed E-state index contributed by atoms with van der Waals surface area (Å²) in [4.78, 5) is 12.2. The summed E-state index contributed by atoms with van der Waals surface area (Å²) < 4.78 is 45.0. The monoisotopic (exact) mass is 343 g/mol. The number of halogens is 3. The summed E-state index contributed by atoms with van der Waals surface area (Å²) in [5, 5.41) is 9.20. The van der Waals surface area contributed by atoms with Crippen LogP contribution in [0.15, 0.2) is 34.9 Å². The summed E-state index contributed by atoms with van der Waals surface area (Å²) >= 11 is 0. The van der Waals surface area contributed by atoms with Crippen LogP contribution in [0.25, 0.3) is 0 Å². The van der Waals surface area contributed by atoms with Gasteiger partial charge in [0.15, 0.2) is 5.82 Å². The molecule has 1 unspecified atom stereocenters. The zero-order valence-corrected chi connectivity index (χ0v) is 13.0. The van der Waals surface area contributed by atoms with Crippen LogP contribution in [0.1, 0.15) is 19.1 Å². The first-order valence-corrected chi connectivity index (χ1v) is 7.13. The van der Waals surface area contributed by atoms with Crippen molar-refractivity contribution >= 4 is 17.4 Å². The molecular formula is C15H16F3N3O3. The Balaban J connectivity index is 1.97. The lowest BCUT2D eigenvalue weighted by atomic mass is 10.2. The van der Waals surface area contributed by atoms with Crippen LogP contribution in [-0.2, 0) is 4.79 Å². The van der Waals surface area contributed by atoms with E-state index in [-0.39, 0.29) is 11.7 Å². The second kappa shape index (κ2) is 7.24. The number of ether oxygens (including phenoxy) is 1. The minimum atomic E-state index is -4.74. The van der Waals surface area contributed by atoms with Gasteiger partial charge in [-0.2, -0.15) is 0 Å². The van der Waals surface area contributed by atoms with Gasteiger partial charge in [-0.3, -0.25) is 4.79 Å². The number of aryl methyl sites for hydroxylation is 1. The number of carbonyl (C=O) groups is 1. The Labute approximate surface area is 136 Å². The summed E-state index contributed by atoms with van der Waals surface area (Å²) in [5.41, 5.74) is 0.489. The Morgan fingerprint density at radius 3 is 2.50 bits per heavy atom. The number of aromatic nitrogens is 1. The molecule has 0 spiro atoms. The second-order valence-corrected chi connectivity index (χ2v) is 4.99. The molecule has 0 fully saturated rings. The van der Waals surface area contributed by atoms with E-state index in [1.165, 1.54) is 24.3 Å². The average molecular weight is 343 g/mol. The van der Waals surface area contributed by atoms with Crippen LogP contribution in [0.3, 0.4) is 0 Å². The van der Waals surface area contributed by atoms with Gasteiger partial charge in [-0.05, 0) is 37.6 Å². The quantitative estimate of drug-likeness (QED) is 0.836. The molecule has 1 heterocycles. The number of amides is 1. The summed E-state index contributed by atoms with van der Waals surface area (Å²) in [6, 6.07) is 6.13. The van der Waals surface area contributed by atoms with Gasteiger partial charge in [0.05, 0.1) is 0 Å². The third-order valence-corrected chi connectivity index (χ3v) is 3.03. The highest BCUT2D eigenvalue weighted by Crippen LogP contribution is 2.24. The SMILES string of the molecule is CCC(Nc1ccc(OC(F)(F)F)cc1)C(=O)Nc1cc(C)on1. The number of anilines is 2. The topological polar surface area (TPSA) is 76.4 Å². The molecule has 2 rings (SSSR count). The molecule has 0 aliphatic rings. The van der Waals surface area contributed by atoms with Crippen LogP contribution in [0, 0.1) is 6.92 Å². The molecule has 0 saturated heterocycles. The molecule has 0 radical (unpaired) electrons. The number of alkyl halides is 3. The first kappa shape index (κ1) is 17.6. The van der Waals surface area contributed by atoms with Crippen molar-refractivity contribution < 1.29 is 27.2 Å². The minimum Gasteiger partial charge on any atom is -0.406 e. The van der Waals surface area contributed by atoms with E-state index in [4.69, 9.17) is 4.52 Å². The van der Waals surface area contributed by atoms with Crippen molar-refractivity contribution in [3.63, 3.8) is 0 Å². The van der Waals surface area contributed by atoms with Crippen LogP contribution < -0.4 is 15.4 Å². The van der Waals surface area contributed by atoms with Gasteiger partial charge in [0.1, 0.15) is 17.6 Å². The van der Waals surface area contributed by atoms with Crippen molar-refractivity contribution in [3.05, 3.63) is 36.1 Å². The zero-order chi connectivity index (χ0) is 17.7. The molecule has 9 heteroatoms. The van der Waals surface area contributed by atoms with Crippen molar-refractivity contribution in [2.24, 2.45) is 0 Å². The lowest BCUT2D eigenvalue weighted by Crippen LogP contribution is -2.34. The molecule has 0 saturated carbocycles. The number of benzene rings is 1. The molecular weight excluding hydrogens is 327 g/mol. The summed E-state index contributed by atoms with van der Waals surface area (Å²) in [6.45, 7) is 3.50. The van der Waals surface area contributed by atoms with Crippen LogP contribution >= 0.6 is 0 Å². The second-order valence-electron chi connectivity index (χ2n) is 4.99. The minimum absolute atomic E-state index is 0.298. The molecule has 1 amide bonds. The highest BCUT2D eigenvalue weighted by atomic mass is 19.4.